The van der Waals surface area contributed by atoms with Crippen LogP contribution in [0.1, 0.15) is 0 Å². The van der Waals surface area contributed by atoms with Crippen molar-refractivity contribution < 1.29 is 9.50 Å². The van der Waals surface area contributed by atoms with Crippen LogP contribution in [0.25, 0.3) is 0 Å². The third kappa shape index (κ3) is 2.58. The van der Waals surface area contributed by atoms with Gasteiger partial charge in [0, 0.05) is 23.3 Å². The van der Waals surface area contributed by atoms with E-state index in [-0.39, 0.29) is 5.75 Å². The number of phenolic OH excluding ortho intramolecular Hbond substituents is 1. The molecule has 4 heteroatoms. The van der Waals surface area contributed by atoms with Gasteiger partial charge in [0.1, 0.15) is 5.75 Å². The third-order valence-corrected chi connectivity index (χ3v) is 3.04. The Balaban J connectivity index is 2.36. The number of hydrogen-bond donors (Lipinski definition) is 1. The van der Waals surface area contributed by atoms with Gasteiger partial charge in [0.15, 0.2) is 5.82 Å². The number of nitrogens with zero attached hydrogens (tertiary/aromatic N) is 1. The predicted octanol–water partition coefficient (Wildman–Crippen LogP) is 4.06. The second-order valence-corrected chi connectivity index (χ2v) is 4.59. The molecule has 0 unspecified atom stereocenters. The van der Waals surface area contributed by atoms with Gasteiger partial charge in [-0.05, 0) is 36.4 Å². The summed E-state index contributed by atoms with van der Waals surface area (Å²) in [6.07, 6.45) is 0. The van der Waals surface area contributed by atoms with E-state index in [1.54, 1.807) is 18.0 Å². The molecule has 1 N–H and O–H groups in total. The first kappa shape index (κ1) is 11.9. The number of benzene rings is 2. The first-order valence-corrected chi connectivity index (χ1v) is 5.85. The molecule has 2 aromatic carbocycles. The molecule has 0 radical (unpaired) electrons. The van der Waals surface area contributed by atoms with Gasteiger partial charge >= 0.3 is 0 Å². The molecule has 0 atom stereocenters. The summed E-state index contributed by atoms with van der Waals surface area (Å²) < 4.78 is 14.6. The van der Waals surface area contributed by atoms with E-state index in [0.717, 1.165) is 16.2 Å². The summed E-state index contributed by atoms with van der Waals surface area (Å²) in [5, 5.41) is 9.16. The minimum Gasteiger partial charge on any atom is -0.508 e. The smallest absolute Gasteiger partial charge is 0.150 e. The molecule has 0 aliphatic carbocycles. The number of anilines is 2. The van der Waals surface area contributed by atoms with Crippen molar-refractivity contribution in [2.75, 3.05) is 11.9 Å². The normalized spacial score (nSPS) is 10.3. The lowest BCUT2D eigenvalue weighted by molar-refractivity contribution is 0.469. The molecule has 0 bridgehead atoms. The molecule has 0 aromatic heterocycles. The molecule has 0 spiro atoms. The zero-order valence-corrected chi connectivity index (χ0v) is 10.8. The Morgan fingerprint density at radius 2 is 1.76 bits per heavy atom. The Kier molecular flexibility index (Phi) is 3.33. The van der Waals surface area contributed by atoms with Gasteiger partial charge in [-0.2, -0.15) is 0 Å². The maximum atomic E-state index is 13.7. The Morgan fingerprint density at radius 1 is 1.12 bits per heavy atom. The van der Waals surface area contributed by atoms with Crippen molar-refractivity contribution in [1.29, 1.82) is 0 Å². The fraction of sp³-hybridized carbons (Fsp3) is 0.0769. The molecule has 0 amide bonds. The molecular weight excluding hydrogens is 285 g/mol. The van der Waals surface area contributed by atoms with Gasteiger partial charge in [-0.15, -0.1) is 0 Å². The molecule has 88 valence electrons. The van der Waals surface area contributed by atoms with Crippen molar-refractivity contribution in [2.24, 2.45) is 0 Å². The van der Waals surface area contributed by atoms with Crippen LogP contribution in [0.4, 0.5) is 15.8 Å². The molecular formula is C13H11BrFNO. The van der Waals surface area contributed by atoms with E-state index in [2.05, 4.69) is 15.9 Å². The molecule has 2 aromatic rings. The van der Waals surface area contributed by atoms with Crippen molar-refractivity contribution in [3.8, 4) is 5.75 Å². The minimum atomic E-state index is -0.449. The van der Waals surface area contributed by atoms with Crippen molar-refractivity contribution in [2.45, 2.75) is 0 Å². The Hall–Kier alpha value is -1.55. The van der Waals surface area contributed by atoms with Gasteiger partial charge in [-0.3, -0.25) is 0 Å². The number of hydrogen-bond acceptors (Lipinski definition) is 2. The molecule has 0 fully saturated rings. The van der Waals surface area contributed by atoms with E-state index < -0.39 is 5.82 Å². The van der Waals surface area contributed by atoms with Crippen molar-refractivity contribution in [3.63, 3.8) is 0 Å². The summed E-state index contributed by atoms with van der Waals surface area (Å²) in [6.45, 7) is 0. The zero-order chi connectivity index (χ0) is 12.4. The van der Waals surface area contributed by atoms with Gasteiger partial charge in [0.05, 0.1) is 5.69 Å². The van der Waals surface area contributed by atoms with Crippen molar-refractivity contribution >= 4 is 27.3 Å². The Morgan fingerprint density at radius 3 is 2.35 bits per heavy atom. The van der Waals surface area contributed by atoms with Gasteiger partial charge in [-0.1, -0.05) is 15.9 Å². The van der Waals surface area contributed by atoms with Gasteiger partial charge in [0.2, 0.25) is 0 Å². The summed E-state index contributed by atoms with van der Waals surface area (Å²) in [5.74, 6) is -0.522. The lowest BCUT2D eigenvalue weighted by Crippen LogP contribution is -2.10. The first-order chi connectivity index (χ1) is 8.08. The highest BCUT2D eigenvalue weighted by Gasteiger charge is 2.09. The highest BCUT2D eigenvalue weighted by atomic mass is 79.9. The first-order valence-electron chi connectivity index (χ1n) is 5.06. The van der Waals surface area contributed by atoms with Crippen molar-refractivity contribution in [1.82, 2.24) is 0 Å². The molecule has 17 heavy (non-hydrogen) atoms. The largest absolute Gasteiger partial charge is 0.508 e. The number of halogens is 2. The highest BCUT2D eigenvalue weighted by Crippen LogP contribution is 2.29. The monoisotopic (exact) mass is 295 g/mol. The maximum Gasteiger partial charge on any atom is 0.150 e. The van der Waals surface area contributed by atoms with Crippen molar-refractivity contribution in [3.05, 3.63) is 52.8 Å². The van der Waals surface area contributed by atoms with Crippen LogP contribution >= 0.6 is 15.9 Å². The van der Waals surface area contributed by atoms with Crippen LogP contribution in [-0.2, 0) is 0 Å². The van der Waals surface area contributed by atoms with Gasteiger partial charge in [-0.25, -0.2) is 4.39 Å². The maximum absolute atomic E-state index is 13.7. The second-order valence-electron chi connectivity index (χ2n) is 3.67. The molecule has 2 rings (SSSR count). The van der Waals surface area contributed by atoms with Crippen LogP contribution < -0.4 is 4.90 Å². The Bertz CT molecular complexity index is 527. The Labute approximate surface area is 107 Å². The number of phenols is 1. The lowest BCUT2D eigenvalue weighted by Gasteiger charge is -2.20. The average molecular weight is 296 g/mol. The van der Waals surface area contributed by atoms with Crippen LogP contribution in [0.3, 0.4) is 0 Å². The summed E-state index contributed by atoms with van der Waals surface area (Å²) >= 11 is 3.35. The molecule has 0 aliphatic heterocycles. The van der Waals surface area contributed by atoms with Gasteiger partial charge in [0.25, 0.3) is 0 Å². The standard InChI is InChI=1S/C13H11BrFNO/c1-16(10-4-2-9(14)3-5-10)13-7-6-11(17)8-12(13)15/h2-8,17H,1H3. The van der Waals surface area contributed by atoms with Crippen LogP contribution in [0.2, 0.25) is 0 Å². The fourth-order valence-electron chi connectivity index (χ4n) is 1.57. The summed E-state index contributed by atoms with van der Waals surface area (Å²) in [5.41, 5.74) is 1.29. The van der Waals surface area contributed by atoms with Crippen LogP contribution in [0.15, 0.2) is 46.9 Å². The second kappa shape index (κ2) is 4.75. The van der Waals surface area contributed by atoms with Crippen LogP contribution in [0, 0.1) is 5.82 Å². The minimum absolute atomic E-state index is 0.0737. The van der Waals surface area contributed by atoms with E-state index >= 15 is 0 Å². The van der Waals surface area contributed by atoms with E-state index in [4.69, 9.17) is 5.11 Å². The molecule has 0 saturated heterocycles. The van der Waals surface area contributed by atoms with Gasteiger partial charge < -0.3 is 10.0 Å². The van der Waals surface area contributed by atoms with Crippen LogP contribution in [0.5, 0.6) is 5.75 Å². The molecule has 0 aliphatic rings. The zero-order valence-electron chi connectivity index (χ0n) is 9.19. The SMILES string of the molecule is CN(c1ccc(Br)cc1)c1ccc(O)cc1F. The lowest BCUT2D eigenvalue weighted by atomic mass is 10.2. The summed E-state index contributed by atoms with van der Waals surface area (Å²) in [4.78, 5) is 1.72. The van der Waals surface area contributed by atoms with E-state index in [1.807, 2.05) is 24.3 Å². The quantitative estimate of drug-likeness (QED) is 0.903. The topological polar surface area (TPSA) is 23.5 Å². The van der Waals surface area contributed by atoms with Crippen LogP contribution in [-0.4, -0.2) is 12.2 Å². The highest BCUT2D eigenvalue weighted by molar-refractivity contribution is 9.10. The fourth-order valence-corrected chi connectivity index (χ4v) is 1.84. The molecule has 0 heterocycles. The van der Waals surface area contributed by atoms with E-state index in [1.165, 1.54) is 6.07 Å². The summed E-state index contributed by atoms with van der Waals surface area (Å²) in [7, 11) is 1.78. The molecule has 2 nitrogen and oxygen atoms in total. The average Bonchev–Trinajstić information content (AvgIpc) is 2.29. The predicted molar refractivity (Wildman–Crippen MR) is 70.3 cm³/mol. The summed E-state index contributed by atoms with van der Waals surface area (Å²) in [6, 6.07) is 11.7. The third-order valence-electron chi connectivity index (χ3n) is 2.51. The van der Waals surface area contributed by atoms with E-state index in [9.17, 15) is 4.39 Å². The number of rotatable bonds is 2. The number of aromatic hydroxyl groups is 1. The van der Waals surface area contributed by atoms with E-state index in [0.29, 0.717) is 5.69 Å². The molecule has 0 saturated carbocycles.